The highest BCUT2D eigenvalue weighted by Crippen LogP contribution is 2.20. The van der Waals surface area contributed by atoms with Crippen molar-refractivity contribution >= 4 is 22.6 Å². The second-order valence-electron chi connectivity index (χ2n) is 4.76. The molecule has 5 nitrogen and oxygen atoms in total. The fourth-order valence-corrected chi connectivity index (χ4v) is 2.71. The molecule has 2 rings (SSSR count). The molecule has 0 aliphatic rings. The number of hydrogen-bond acceptors (Lipinski definition) is 3. The SMILES string of the molecule is CCCn1cc(-c2nc(C(C)C)c(I)c(=O)[nH]2)cn1. The van der Waals surface area contributed by atoms with Gasteiger partial charge in [0.05, 0.1) is 21.0 Å². The van der Waals surface area contributed by atoms with Gasteiger partial charge in [-0.15, -0.1) is 0 Å². The van der Waals surface area contributed by atoms with Crippen molar-refractivity contribution in [2.24, 2.45) is 0 Å². The number of H-pyrrole nitrogens is 1. The molecule has 0 fully saturated rings. The van der Waals surface area contributed by atoms with Crippen LogP contribution in [0.15, 0.2) is 17.2 Å². The van der Waals surface area contributed by atoms with Gasteiger partial charge in [-0.2, -0.15) is 5.10 Å². The lowest BCUT2D eigenvalue weighted by atomic mass is 10.1. The van der Waals surface area contributed by atoms with Gasteiger partial charge in [0.2, 0.25) is 0 Å². The van der Waals surface area contributed by atoms with E-state index >= 15 is 0 Å². The minimum atomic E-state index is -0.0856. The third-order valence-electron chi connectivity index (χ3n) is 2.79. The molecular formula is C13H17IN4O. The maximum Gasteiger partial charge on any atom is 0.264 e. The number of rotatable bonds is 4. The van der Waals surface area contributed by atoms with E-state index in [1.165, 1.54) is 0 Å². The highest BCUT2D eigenvalue weighted by atomic mass is 127. The van der Waals surface area contributed by atoms with Crippen LogP contribution in [0.3, 0.4) is 0 Å². The van der Waals surface area contributed by atoms with Gasteiger partial charge in [0.15, 0.2) is 0 Å². The van der Waals surface area contributed by atoms with Crippen molar-refractivity contribution in [1.29, 1.82) is 0 Å². The summed E-state index contributed by atoms with van der Waals surface area (Å²) in [5, 5.41) is 4.26. The van der Waals surface area contributed by atoms with E-state index in [2.05, 4.69) is 22.0 Å². The summed E-state index contributed by atoms with van der Waals surface area (Å²) in [6.07, 6.45) is 4.68. The van der Waals surface area contributed by atoms with Crippen LogP contribution in [0.4, 0.5) is 0 Å². The summed E-state index contributed by atoms with van der Waals surface area (Å²) < 4.78 is 2.53. The van der Waals surface area contributed by atoms with Gasteiger partial charge in [0.1, 0.15) is 5.82 Å². The van der Waals surface area contributed by atoms with E-state index < -0.39 is 0 Å². The zero-order valence-electron chi connectivity index (χ0n) is 11.3. The fourth-order valence-electron chi connectivity index (χ4n) is 1.83. The first-order valence-electron chi connectivity index (χ1n) is 6.35. The summed E-state index contributed by atoms with van der Waals surface area (Å²) in [4.78, 5) is 19.3. The van der Waals surface area contributed by atoms with E-state index in [1.54, 1.807) is 6.20 Å². The van der Waals surface area contributed by atoms with Crippen LogP contribution in [0.2, 0.25) is 0 Å². The van der Waals surface area contributed by atoms with Crippen molar-refractivity contribution in [2.45, 2.75) is 39.7 Å². The van der Waals surface area contributed by atoms with Gasteiger partial charge in [0, 0.05) is 12.7 Å². The molecule has 2 aromatic rings. The second kappa shape index (κ2) is 5.85. The zero-order chi connectivity index (χ0) is 14.0. The summed E-state index contributed by atoms with van der Waals surface area (Å²) in [6.45, 7) is 7.04. The molecule has 0 spiro atoms. The number of nitrogens with one attached hydrogen (secondary N) is 1. The van der Waals surface area contributed by atoms with Crippen LogP contribution < -0.4 is 5.56 Å². The molecule has 6 heteroatoms. The second-order valence-corrected chi connectivity index (χ2v) is 5.84. The molecule has 0 bridgehead atoms. The average molecular weight is 372 g/mol. The quantitative estimate of drug-likeness (QED) is 0.840. The van der Waals surface area contributed by atoms with Crippen LogP contribution in [-0.2, 0) is 6.54 Å². The minimum Gasteiger partial charge on any atom is -0.306 e. The predicted molar refractivity (Wildman–Crippen MR) is 83.2 cm³/mol. The molecular weight excluding hydrogens is 355 g/mol. The summed E-state index contributed by atoms with van der Waals surface area (Å²) in [7, 11) is 0. The Morgan fingerprint density at radius 2 is 2.21 bits per heavy atom. The first-order chi connectivity index (χ1) is 9.02. The third kappa shape index (κ3) is 3.05. The predicted octanol–water partition coefficient (Wildman–Crippen LogP) is 2.77. The normalized spacial score (nSPS) is 11.2. The molecule has 1 N–H and O–H groups in total. The van der Waals surface area contributed by atoms with Crippen LogP contribution in [-0.4, -0.2) is 19.7 Å². The van der Waals surface area contributed by atoms with Crippen LogP contribution in [0.1, 0.15) is 38.8 Å². The molecule has 19 heavy (non-hydrogen) atoms. The zero-order valence-corrected chi connectivity index (χ0v) is 13.4. The Kier molecular flexibility index (Phi) is 4.38. The summed E-state index contributed by atoms with van der Waals surface area (Å²) in [6, 6.07) is 0. The van der Waals surface area contributed by atoms with E-state index in [1.807, 2.05) is 47.3 Å². The molecule has 102 valence electrons. The van der Waals surface area contributed by atoms with Gasteiger partial charge in [-0.3, -0.25) is 9.48 Å². The lowest BCUT2D eigenvalue weighted by Crippen LogP contribution is -2.17. The van der Waals surface area contributed by atoms with E-state index in [4.69, 9.17) is 0 Å². The molecule has 0 unspecified atom stereocenters. The molecule has 0 atom stereocenters. The monoisotopic (exact) mass is 372 g/mol. The van der Waals surface area contributed by atoms with Gasteiger partial charge < -0.3 is 4.98 Å². The Morgan fingerprint density at radius 1 is 1.47 bits per heavy atom. The minimum absolute atomic E-state index is 0.0856. The van der Waals surface area contributed by atoms with E-state index in [-0.39, 0.29) is 11.5 Å². The molecule has 2 heterocycles. The standard InChI is InChI=1S/C13H17IN4O/c1-4-5-18-7-9(6-15-18)12-16-11(8(2)3)10(14)13(19)17-12/h6-8H,4-5H2,1-3H3,(H,16,17,19). The highest BCUT2D eigenvalue weighted by Gasteiger charge is 2.13. The van der Waals surface area contributed by atoms with Gasteiger partial charge >= 0.3 is 0 Å². The molecule has 0 radical (unpaired) electrons. The first-order valence-corrected chi connectivity index (χ1v) is 7.43. The number of aromatic amines is 1. The smallest absolute Gasteiger partial charge is 0.264 e. The molecule has 0 amide bonds. The fraction of sp³-hybridized carbons (Fsp3) is 0.462. The topological polar surface area (TPSA) is 63.6 Å². The number of hydrogen-bond donors (Lipinski definition) is 1. The van der Waals surface area contributed by atoms with Gasteiger partial charge in [-0.25, -0.2) is 4.98 Å². The molecule has 0 aromatic carbocycles. The molecule has 0 aliphatic heterocycles. The van der Waals surface area contributed by atoms with Crippen LogP contribution in [0, 0.1) is 3.57 Å². The number of nitrogens with zero attached hydrogens (tertiary/aromatic N) is 3. The first kappa shape index (κ1) is 14.2. The number of aromatic nitrogens is 4. The third-order valence-corrected chi connectivity index (χ3v) is 3.84. The Bertz CT molecular complexity index is 630. The lowest BCUT2D eigenvalue weighted by Gasteiger charge is -2.08. The number of halogens is 1. The summed E-state index contributed by atoms with van der Waals surface area (Å²) >= 11 is 2.05. The van der Waals surface area contributed by atoms with Crippen molar-refractivity contribution < 1.29 is 0 Å². The highest BCUT2D eigenvalue weighted by molar-refractivity contribution is 14.1. The van der Waals surface area contributed by atoms with Gasteiger partial charge in [-0.1, -0.05) is 20.8 Å². The Labute approximate surface area is 125 Å². The lowest BCUT2D eigenvalue weighted by molar-refractivity contribution is 0.603. The average Bonchev–Trinajstić information content (AvgIpc) is 2.81. The molecule has 0 aliphatic carbocycles. The van der Waals surface area contributed by atoms with Crippen molar-refractivity contribution in [3.05, 3.63) is 32.0 Å². The van der Waals surface area contributed by atoms with Crippen molar-refractivity contribution in [3.8, 4) is 11.4 Å². The van der Waals surface area contributed by atoms with E-state index in [0.717, 1.165) is 24.2 Å². The van der Waals surface area contributed by atoms with Crippen LogP contribution in [0.25, 0.3) is 11.4 Å². The van der Waals surface area contributed by atoms with E-state index in [0.29, 0.717) is 9.39 Å². The van der Waals surface area contributed by atoms with Crippen LogP contribution >= 0.6 is 22.6 Å². The van der Waals surface area contributed by atoms with Gasteiger partial charge in [0.25, 0.3) is 5.56 Å². The Hall–Kier alpha value is -1.18. The Balaban J connectivity index is 2.47. The number of aryl methyl sites for hydroxylation is 1. The molecule has 0 saturated carbocycles. The Morgan fingerprint density at radius 3 is 2.84 bits per heavy atom. The maximum absolute atomic E-state index is 11.9. The molecule has 2 aromatic heterocycles. The van der Waals surface area contributed by atoms with Crippen LogP contribution in [0.5, 0.6) is 0 Å². The van der Waals surface area contributed by atoms with Crippen molar-refractivity contribution in [2.75, 3.05) is 0 Å². The summed E-state index contributed by atoms with van der Waals surface area (Å²) in [5.74, 6) is 0.815. The van der Waals surface area contributed by atoms with Crippen molar-refractivity contribution in [3.63, 3.8) is 0 Å². The van der Waals surface area contributed by atoms with E-state index in [9.17, 15) is 4.79 Å². The maximum atomic E-state index is 11.9. The van der Waals surface area contributed by atoms with Crippen molar-refractivity contribution in [1.82, 2.24) is 19.7 Å². The molecule has 0 saturated heterocycles. The van der Waals surface area contributed by atoms with Gasteiger partial charge in [-0.05, 0) is 34.9 Å². The summed E-state index contributed by atoms with van der Waals surface area (Å²) in [5.41, 5.74) is 1.60. The largest absolute Gasteiger partial charge is 0.306 e.